The molecular weight excluding hydrogens is 150 g/mol. The predicted octanol–water partition coefficient (Wildman–Crippen LogP) is 1.15. The minimum absolute atomic E-state index is 0.337. The molecule has 1 rings (SSSR count). The Balaban J connectivity index is 2.70. The molecule has 0 atom stereocenters. The molecule has 0 aliphatic heterocycles. The van der Waals surface area contributed by atoms with E-state index in [-0.39, 0.29) is 0 Å². The van der Waals surface area contributed by atoms with Gasteiger partial charge in [-0.25, -0.2) is 4.98 Å². The van der Waals surface area contributed by atoms with E-state index in [0.29, 0.717) is 12.4 Å². The van der Waals surface area contributed by atoms with Crippen molar-refractivity contribution in [2.45, 2.75) is 12.4 Å². The van der Waals surface area contributed by atoms with E-state index in [1.54, 1.807) is 17.1 Å². The summed E-state index contributed by atoms with van der Waals surface area (Å²) in [5, 5.41) is 8.27. The number of imidazole rings is 1. The zero-order valence-electron chi connectivity index (χ0n) is 5.29. The van der Waals surface area contributed by atoms with Gasteiger partial charge in [0.25, 0.3) is 0 Å². The molecule has 3 nitrogen and oxygen atoms in total. The second kappa shape index (κ2) is 3.23. The topological polar surface area (TPSA) is 41.6 Å². The summed E-state index contributed by atoms with van der Waals surface area (Å²) in [6, 6.07) is 2.00. The van der Waals surface area contributed by atoms with Gasteiger partial charge in [-0.3, -0.25) is 0 Å². The fraction of sp³-hybridized carbons (Fsp3) is 0.333. The monoisotopic (exact) mass is 155 g/mol. The van der Waals surface area contributed by atoms with Crippen LogP contribution in [0.15, 0.2) is 12.5 Å². The Labute approximate surface area is 63.9 Å². The quantitative estimate of drug-likeness (QED) is 0.602. The van der Waals surface area contributed by atoms with Gasteiger partial charge in [0, 0.05) is 6.20 Å². The van der Waals surface area contributed by atoms with E-state index < -0.39 is 0 Å². The SMILES string of the molecule is N#CCn1cnc(CCl)c1. The van der Waals surface area contributed by atoms with Gasteiger partial charge >= 0.3 is 0 Å². The van der Waals surface area contributed by atoms with E-state index in [4.69, 9.17) is 16.9 Å². The summed E-state index contributed by atoms with van der Waals surface area (Å²) in [5.74, 6) is 0.401. The Morgan fingerprint density at radius 1 is 1.80 bits per heavy atom. The van der Waals surface area contributed by atoms with Crippen molar-refractivity contribution in [1.29, 1.82) is 5.26 Å². The van der Waals surface area contributed by atoms with Crippen LogP contribution in [0.4, 0.5) is 0 Å². The van der Waals surface area contributed by atoms with Gasteiger partial charge in [0.15, 0.2) is 0 Å². The molecule has 1 heterocycles. The van der Waals surface area contributed by atoms with Crippen LogP contribution in [0, 0.1) is 11.3 Å². The Morgan fingerprint density at radius 3 is 3.10 bits per heavy atom. The lowest BCUT2D eigenvalue weighted by atomic mass is 10.5. The van der Waals surface area contributed by atoms with Crippen LogP contribution in [0.25, 0.3) is 0 Å². The molecule has 0 aliphatic rings. The lowest BCUT2D eigenvalue weighted by Gasteiger charge is -1.87. The van der Waals surface area contributed by atoms with E-state index in [1.807, 2.05) is 6.07 Å². The normalized spacial score (nSPS) is 9.20. The molecule has 0 spiro atoms. The maximum Gasteiger partial charge on any atom is 0.111 e. The van der Waals surface area contributed by atoms with Crippen LogP contribution in [0.1, 0.15) is 5.69 Å². The molecule has 0 fully saturated rings. The third-order valence-corrected chi connectivity index (χ3v) is 1.35. The van der Waals surface area contributed by atoms with Crippen LogP contribution in [-0.2, 0) is 12.4 Å². The number of hydrogen-bond donors (Lipinski definition) is 0. The van der Waals surface area contributed by atoms with Crippen molar-refractivity contribution in [2.75, 3.05) is 0 Å². The average Bonchev–Trinajstić information content (AvgIpc) is 2.37. The molecule has 1 aromatic rings. The van der Waals surface area contributed by atoms with Gasteiger partial charge in [-0.1, -0.05) is 0 Å². The Kier molecular flexibility index (Phi) is 2.30. The first-order chi connectivity index (χ1) is 4.86. The van der Waals surface area contributed by atoms with E-state index in [1.165, 1.54) is 0 Å². The highest BCUT2D eigenvalue weighted by atomic mass is 35.5. The molecular formula is C6H6ClN3. The molecule has 4 heteroatoms. The van der Waals surface area contributed by atoms with Gasteiger partial charge in [-0.15, -0.1) is 11.6 Å². The fourth-order valence-corrected chi connectivity index (χ4v) is 0.782. The molecule has 0 saturated heterocycles. The summed E-state index contributed by atoms with van der Waals surface area (Å²) in [6.45, 7) is 0.337. The number of aromatic nitrogens is 2. The van der Waals surface area contributed by atoms with Gasteiger partial charge in [0.1, 0.15) is 6.54 Å². The lowest BCUT2D eigenvalue weighted by Crippen LogP contribution is -1.89. The van der Waals surface area contributed by atoms with Crippen molar-refractivity contribution in [3.8, 4) is 6.07 Å². The van der Waals surface area contributed by atoms with Crippen molar-refractivity contribution in [3.05, 3.63) is 18.2 Å². The number of nitrogens with zero attached hydrogens (tertiary/aromatic N) is 3. The second-order valence-corrected chi connectivity index (χ2v) is 2.10. The third-order valence-electron chi connectivity index (χ3n) is 1.08. The zero-order chi connectivity index (χ0) is 7.40. The minimum Gasteiger partial charge on any atom is -0.323 e. The highest BCUT2D eigenvalue weighted by Crippen LogP contribution is 1.98. The van der Waals surface area contributed by atoms with Crippen LogP contribution < -0.4 is 0 Å². The van der Waals surface area contributed by atoms with E-state index in [9.17, 15) is 0 Å². The van der Waals surface area contributed by atoms with Gasteiger partial charge < -0.3 is 4.57 Å². The number of rotatable bonds is 2. The maximum absolute atomic E-state index is 8.27. The standard InChI is InChI=1S/C6H6ClN3/c7-3-6-4-10(2-1-8)5-9-6/h4-5H,2-3H2. The first kappa shape index (κ1) is 7.10. The molecule has 0 saturated carbocycles. The van der Waals surface area contributed by atoms with Crippen molar-refractivity contribution >= 4 is 11.6 Å². The molecule has 0 aromatic carbocycles. The zero-order valence-corrected chi connectivity index (χ0v) is 6.04. The Morgan fingerprint density at radius 2 is 2.60 bits per heavy atom. The van der Waals surface area contributed by atoms with E-state index in [2.05, 4.69) is 4.98 Å². The highest BCUT2D eigenvalue weighted by Gasteiger charge is 1.93. The van der Waals surface area contributed by atoms with Crippen molar-refractivity contribution < 1.29 is 0 Å². The Bertz CT molecular complexity index is 248. The summed E-state index contributed by atoms with van der Waals surface area (Å²) in [7, 11) is 0. The second-order valence-electron chi connectivity index (χ2n) is 1.83. The van der Waals surface area contributed by atoms with Gasteiger partial charge in [0.05, 0.1) is 24.0 Å². The molecule has 0 N–H and O–H groups in total. The highest BCUT2D eigenvalue weighted by molar-refractivity contribution is 6.16. The maximum atomic E-state index is 8.27. The van der Waals surface area contributed by atoms with Crippen LogP contribution in [0.5, 0.6) is 0 Å². The van der Waals surface area contributed by atoms with Crippen LogP contribution in [0.3, 0.4) is 0 Å². The van der Waals surface area contributed by atoms with E-state index >= 15 is 0 Å². The number of alkyl halides is 1. The molecule has 0 bridgehead atoms. The average molecular weight is 156 g/mol. The molecule has 0 aliphatic carbocycles. The number of halogens is 1. The first-order valence-electron chi connectivity index (χ1n) is 2.80. The summed E-state index contributed by atoms with van der Waals surface area (Å²) < 4.78 is 1.69. The summed E-state index contributed by atoms with van der Waals surface area (Å²) >= 11 is 5.48. The fourth-order valence-electron chi connectivity index (χ4n) is 0.644. The lowest BCUT2D eigenvalue weighted by molar-refractivity contribution is 0.830. The molecule has 52 valence electrons. The molecule has 10 heavy (non-hydrogen) atoms. The van der Waals surface area contributed by atoms with Crippen molar-refractivity contribution in [1.82, 2.24) is 9.55 Å². The molecule has 0 unspecified atom stereocenters. The first-order valence-corrected chi connectivity index (χ1v) is 3.34. The van der Waals surface area contributed by atoms with Crippen LogP contribution >= 0.6 is 11.6 Å². The summed E-state index contributed by atoms with van der Waals surface area (Å²) in [6.07, 6.45) is 3.36. The Hall–Kier alpha value is -1.01. The third kappa shape index (κ3) is 1.49. The van der Waals surface area contributed by atoms with Crippen molar-refractivity contribution in [2.24, 2.45) is 0 Å². The molecule has 0 radical (unpaired) electrons. The van der Waals surface area contributed by atoms with Crippen molar-refractivity contribution in [3.63, 3.8) is 0 Å². The predicted molar refractivity (Wildman–Crippen MR) is 37.4 cm³/mol. The van der Waals surface area contributed by atoms with Gasteiger partial charge in [0.2, 0.25) is 0 Å². The molecule has 1 aromatic heterocycles. The molecule has 0 amide bonds. The van der Waals surface area contributed by atoms with Crippen LogP contribution in [0.2, 0.25) is 0 Å². The largest absolute Gasteiger partial charge is 0.323 e. The van der Waals surface area contributed by atoms with E-state index in [0.717, 1.165) is 5.69 Å². The van der Waals surface area contributed by atoms with Gasteiger partial charge in [-0.05, 0) is 0 Å². The number of hydrogen-bond acceptors (Lipinski definition) is 2. The summed E-state index contributed by atoms with van der Waals surface area (Å²) in [5.41, 5.74) is 0.803. The summed E-state index contributed by atoms with van der Waals surface area (Å²) in [4.78, 5) is 3.93. The minimum atomic E-state index is 0.337. The van der Waals surface area contributed by atoms with Crippen LogP contribution in [-0.4, -0.2) is 9.55 Å². The smallest absolute Gasteiger partial charge is 0.111 e. The number of nitriles is 1. The van der Waals surface area contributed by atoms with Gasteiger partial charge in [-0.2, -0.15) is 5.26 Å².